The Labute approximate surface area is 99.4 Å². The van der Waals surface area contributed by atoms with Crippen LogP contribution in [0.25, 0.3) is 10.8 Å². The number of nitrogens with zero attached hydrogens (tertiary/aromatic N) is 1. The number of aromatic nitrogens is 1. The largest absolute Gasteiger partial charge is 0.494 e. The molecular weight excluding hydrogens is 216 g/mol. The van der Waals surface area contributed by atoms with Gasteiger partial charge in [-0.15, -0.1) is 0 Å². The Morgan fingerprint density at radius 2 is 2.18 bits per heavy atom. The second kappa shape index (κ2) is 5.30. The van der Waals surface area contributed by atoms with E-state index < -0.39 is 0 Å². The molecule has 0 atom stereocenters. The van der Waals surface area contributed by atoms with Gasteiger partial charge in [0.25, 0.3) is 0 Å². The van der Waals surface area contributed by atoms with Crippen LogP contribution in [0.2, 0.25) is 0 Å². The molecule has 0 radical (unpaired) electrons. The molecule has 4 heteroatoms. The molecule has 0 aliphatic carbocycles. The van der Waals surface area contributed by atoms with Gasteiger partial charge >= 0.3 is 0 Å². The number of hydrogen-bond donors (Lipinski definition) is 1. The third kappa shape index (κ3) is 3.17. The summed E-state index contributed by atoms with van der Waals surface area (Å²) in [6, 6.07) is 7.78. The lowest BCUT2D eigenvalue weighted by molar-refractivity contribution is -0.118. The molecule has 88 valence electrons. The van der Waals surface area contributed by atoms with E-state index in [2.05, 4.69) is 4.98 Å². The van der Waals surface area contributed by atoms with E-state index in [4.69, 9.17) is 10.5 Å². The van der Waals surface area contributed by atoms with Crippen molar-refractivity contribution in [2.45, 2.75) is 12.8 Å². The zero-order chi connectivity index (χ0) is 12.1. The molecule has 0 fully saturated rings. The second-order valence-corrected chi connectivity index (χ2v) is 3.80. The summed E-state index contributed by atoms with van der Waals surface area (Å²) in [5, 5.41) is 2.17. The van der Waals surface area contributed by atoms with Crippen LogP contribution in [0, 0.1) is 0 Å². The number of carbonyl (C=O) groups excluding carboxylic acids is 1. The summed E-state index contributed by atoms with van der Waals surface area (Å²) < 4.78 is 5.53. The van der Waals surface area contributed by atoms with Crippen molar-refractivity contribution in [2.75, 3.05) is 6.61 Å². The van der Waals surface area contributed by atoms with E-state index in [0.29, 0.717) is 19.4 Å². The van der Waals surface area contributed by atoms with Crippen molar-refractivity contribution in [3.8, 4) is 5.75 Å². The fraction of sp³-hybridized carbons (Fsp3) is 0.231. The Bertz CT molecular complexity index is 526. The Kier molecular flexibility index (Phi) is 3.55. The van der Waals surface area contributed by atoms with Gasteiger partial charge in [0.2, 0.25) is 5.91 Å². The molecule has 1 heterocycles. The van der Waals surface area contributed by atoms with Gasteiger partial charge < -0.3 is 10.5 Å². The number of pyridine rings is 1. The number of nitrogens with two attached hydrogens (primary N) is 1. The van der Waals surface area contributed by atoms with E-state index in [9.17, 15) is 4.79 Å². The highest BCUT2D eigenvalue weighted by atomic mass is 16.5. The molecular formula is C13H14N2O2. The zero-order valence-corrected chi connectivity index (χ0v) is 9.43. The van der Waals surface area contributed by atoms with E-state index in [-0.39, 0.29) is 5.91 Å². The van der Waals surface area contributed by atoms with Gasteiger partial charge in [0.15, 0.2) is 0 Å². The summed E-state index contributed by atoms with van der Waals surface area (Å²) in [6.07, 6.45) is 4.55. The first-order chi connectivity index (χ1) is 8.25. The van der Waals surface area contributed by atoms with Crippen molar-refractivity contribution in [2.24, 2.45) is 5.73 Å². The van der Waals surface area contributed by atoms with E-state index >= 15 is 0 Å². The maximum absolute atomic E-state index is 10.5. The van der Waals surface area contributed by atoms with Crippen LogP contribution < -0.4 is 10.5 Å². The van der Waals surface area contributed by atoms with E-state index in [1.165, 1.54) is 0 Å². The van der Waals surface area contributed by atoms with Crippen molar-refractivity contribution in [3.05, 3.63) is 36.7 Å². The average molecular weight is 230 g/mol. The summed E-state index contributed by atoms with van der Waals surface area (Å²) in [7, 11) is 0. The van der Waals surface area contributed by atoms with Crippen LogP contribution in [-0.4, -0.2) is 17.5 Å². The molecule has 1 amide bonds. The molecule has 0 aliphatic rings. The maximum Gasteiger partial charge on any atom is 0.217 e. The maximum atomic E-state index is 10.5. The number of hydrogen-bond acceptors (Lipinski definition) is 3. The minimum absolute atomic E-state index is 0.295. The van der Waals surface area contributed by atoms with Crippen LogP contribution >= 0.6 is 0 Å². The number of ether oxygens (including phenoxy) is 1. The van der Waals surface area contributed by atoms with Crippen molar-refractivity contribution < 1.29 is 9.53 Å². The molecule has 1 aromatic carbocycles. The summed E-state index contributed by atoms with van der Waals surface area (Å²) in [5.41, 5.74) is 5.04. The molecule has 0 saturated heterocycles. The summed E-state index contributed by atoms with van der Waals surface area (Å²) >= 11 is 0. The topological polar surface area (TPSA) is 65.2 Å². The van der Waals surface area contributed by atoms with Crippen LogP contribution in [-0.2, 0) is 4.79 Å². The number of carbonyl (C=O) groups is 1. The van der Waals surface area contributed by atoms with Crippen molar-refractivity contribution >= 4 is 16.7 Å². The minimum atomic E-state index is -0.295. The third-order valence-corrected chi connectivity index (χ3v) is 2.45. The van der Waals surface area contributed by atoms with Crippen LogP contribution in [0.4, 0.5) is 0 Å². The molecule has 0 saturated carbocycles. The quantitative estimate of drug-likeness (QED) is 0.797. The van der Waals surface area contributed by atoms with Gasteiger partial charge in [-0.05, 0) is 30.0 Å². The molecule has 2 N–H and O–H groups in total. The van der Waals surface area contributed by atoms with Gasteiger partial charge in [-0.2, -0.15) is 0 Å². The van der Waals surface area contributed by atoms with E-state index in [0.717, 1.165) is 16.5 Å². The highest BCUT2D eigenvalue weighted by Gasteiger charge is 1.98. The number of fused-ring (bicyclic) bond motifs is 1. The SMILES string of the molecule is NC(=O)CCCOc1ccc2ccncc2c1. The molecule has 2 aromatic rings. The Morgan fingerprint density at radius 3 is 3.00 bits per heavy atom. The standard InChI is InChI=1S/C13H14N2O2/c14-13(16)2-1-7-17-12-4-3-10-5-6-15-9-11(10)8-12/h3-6,8-9H,1-2,7H2,(H2,14,16). The van der Waals surface area contributed by atoms with Crippen molar-refractivity contribution in [3.63, 3.8) is 0 Å². The zero-order valence-electron chi connectivity index (χ0n) is 9.43. The molecule has 0 aliphatic heterocycles. The van der Waals surface area contributed by atoms with Gasteiger partial charge in [-0.25, -0.2) is 0 Å². The summed E-state index contributed by atoms with van der Waals surface area (Å²) in [6.45, 7) is 0.495. The third-order valence-electron chi connectivity index (χ3n) is 2.45. The molecule has 17 heavy (non-hydrogen) atoms. The molecule has 0 unspecified atom stereocenters. The smallest absolute Gasteiger partial charge is 0.217 e. The predicted molar refractivity (Wildman–Crippen MR) is 65.7 cm³/mol. The molecule has 2 rings (SSSR count). The lowest BCUT2D eigenvalue weighted by Crippen LogP contribution is -2.11. The van der Waals surface area contributed by atoms with Gasteiger partial charge in [-0.3, -0.25) is 9.78 Å². The van der Waals surface area contributed by atoms with Crippen LogP contribution in [0.1, 0.15) is 12.8 Å². The first-order valence-electron chi connectivity index (χ1n) is 5.50. The van der Waals surface area contributed by atoms with Gasteiger partial charge in [0, 0.05) is 24.2 Å². The first kappa shape index (κ1) is 11.4. The normalized spacial score (nSPS) is 10.4. The number of rotatable bonds is 5. The molecule has 4 nitrogen and oxygen atoms in total. The van der Waals surface area contributed by atoms with Crippen molar-refractivity contribution in [1.29, 1.82) is 0 Å². The Morgan fingerprint density at radius 1 is 1.29 bits per heavy atom. The highest BCUT2D eigenvalue weighted by molar-refractivity contribution is 5.82. The fourth-order valence-corrected chi connectivity index (χ4v) is 1.59. The van der Waals surface area contributed by atoms with Crippen LogP contribution in [0.3, 0.4) is 0 Å². The lowest BCUT2D eigenvalue weighted by atomic mass is 10.2. The van der Waals surface area contributed by atoms with E-state index in [1.54, 1.807) is 12.4 Å². The lowest BCUT2D eigenvalue weighted by Gasteiger charge is -2.06. The highest BCUT2D eigenvalue weighted by Crippen LogP contribution is 2.19. The first-order valence-corrected chi connectivity index (χ1v) is 5.50. The number of benzene rings is 1. The summed E-state index contributed by atoms with van der Waals surface area (Å²) in [4.78, 5) is 14.6. The number of primary amides is 1. The van der Waals surface area contributed by atoms with E-state index in [1.807, 2.05) is 24.3 Å². The van der Waals surface area contributed by atoms with Gasteiger partial charge in [0.1, 0.15) is 5.75 Å². The minimum Gasteiger partial charge on any atom is -0.494 e. The van der Waals surface area contributed by atoms with Gasteiger partial charge in [0.05, 0.1) is 6.61 Å². The molecule has 1 aromatic heterocycles. The van der Waals surface area contributed by atoms with Crippen LogP contribution in [0.5, 0.6) is 5.75 Å². The monoisotopic (exact) mass is 230 g/mol. The second-order valence-electron chi connectivity index (χ2n) is 3.80. The fourth-order valence-electron chi connectivity index (χ4n) is 1.59. The molecule has 0 spiro atoms. The average Bonchev–Trinajstić information content (AvgIpc) is 2.34. The predicted octanol–water partition coefficient (Wildman–Crippen LogP) is 1.88. The number of amides is 1. The summed E-state index contributed by atoms with van der Waals surface area (Å²) in [5.74, 6) is 0.492. The molecule has 0 bridgehead atoms. The van der Waals surface area contributed by atoms with Crippen molar-refractivity contribution in [1.82, 2.24) is 4.98 Å². The van der Waals surface area contributed by atoms with Crippen LogP contribution in [0.15, 0.2) is 36.7 Å². The Balaban J connectivity index is 1.97. The van der Waals surface area contributed by atoms with Gasteiger partial charge in [-0.1, -0.05) is 6.07 Å². The Hall–Kier alpha value is -2.10.